The third kappa shape index (κ3) is 4.94. The Morgan fingerprint density at radius 2 is 1.71 bits per heavy atom. The number of nitrogens with one attached hydrogen (secondary N) is 1. The standard InChI is InChI=1S/C18H15F4N3O4S2/c19-15-3-1-2-4-16(15)30(26,27)13-5-6-14(18(20,21)22)17(11-13)31(28,29)24-8-10-25-9-7-23-12-25/h1-7,9,11-12,24H,8,10H2. The fourth-order valence-corrected chi connectivity index (χ4v) is 5.42. The molecule has 0 unspecified atom stereocenters. The molecule has 0 spiro atoms. The molecule has 0 bridgehead atoms. The summed E-state index contributed by atoms with van der Waals surface area (Å²) < 4.78 is 108. The van der Waals surface area contributed by atoms with E-state index in [-0.39, 0.29) is 13.1 Å². The first-order valence-corrected chi connectivity index (χ1v) is 11.6. The van der Waals surface area contributed by atoms with Crippen LogP contribution in [0.1, 0.15) is 5.56 Å². The first-order chi connectivity index (χ1) is 14.4. The number of hydrogen-bond donors (Lipinski definition) is 1. The highest BCUT2D eigenvalue weighted by molar-refractivity contribution is 7.91. The Balaban J connectivity index is 2.04. The first-order valence-electron chi connectivity index (χ1n) is 8.59. The van der Waals surface area contributed by atoms with E-state index < -0.39 is 52.1 Å². The van der Waals surface area contributed by atoms with Crippen LogP contribution in [0.15, 0.2) is 75.9 Å². The molecule has 1 aromatic heterocycles. The average Bonchev–Trinajstić information content (AvgIpc) is 3.20. The number of benzene rings is 2. The van der Waals surface area contributed by atoms with Crippen molar-refractivity contribution < 1.29 is 34.4 Å². The summed E-state index contributed by atoms with van der Waals surface area (Å²) in [5, 5.41) is 0. The van der Waals surface area contributed by atoms with Crippen molar-refractivity contribution in [2.24, 2.45) is 0 Å². The van der Waals surface area contributed by atoms with Gasteiger partial charge in [0.05, 0.1) is 21.7 Å². The second-order valence-corrected chi connectivity index (χ2v) is 9.94. The number of nitrogens with zero attached hydrogens (tertiary/aromatic N) is 2. The van der Waals surface area contributed by atoms with Crippen molar-refractivity contribution in [3.8, 4) is 0 Å². The third-order valence-corrected chi connectivity index (χ3v) is 7.49. The van der Waals surface area contributed by atoms with Gasteiger partial charge in [-0.2, -0.15) is 13.2 Å². The van der Waals surface area contributed by atoms with Crippen molar-refractivity contribution in [2.75, 3.05) is 6.54 Å². The largest absolute Gasteiger partial charge is 0.417 e. The smallest absolute Gasteiger partial charge is 0.336 e. The Bertz CT molecular complexity index is 1290. The van der Waals surface area contributed by atoms with Crippen LogP contribution in [0.25, 0.3) is 0 Å². The average molecular weight is 477 g/mol. The topological polar surface area (TPSA) is 98.1 Å². The molecule has 0 amide bonds. The van der Waals surface area contributed by atoms with Crippen LogP contribution in [0, 0.1) is 5.82 Å². The Morgan fingerprint density at radius 3 is 2.32 bits per heavy atom. The number of rotatable bonds is 7. The first kappa shape index (κ1) is 22.9. The minimum Gasteiger partial charge on any atom is -0.336 e. The molecule has 0 fully saturated rings. The van der Waals surface area contributed by atoms with E-state index in [4.69, 9.17) is 0 Å². The molecule has 166 valence electrons. The maximum absolute atomic E-state index is 14.0. The number of sulfonamides is 1. The predicted octanol–water partition coefficient (Wildman–Crippen LogP) is 2.85. The van der Waals surface area contributed by atoms with Crippen LogP contribution in [-0.2, 0) is 32.6 Å². The zero-order valence-corrected chi connectivity index (χ0v) is 17.2. The second-order valence-electron chi connectivity index (χ2n) is 6.29. The van der Waals surface area contributed by atoms with E-state index in [1.807, 2.05) is 4.72 Å². The fraction of sp³-hybridized carbons (Fsp3) is 0.167. The van der Waals surface area contributed by atoms with Gasteiger partial charge in [0, 0.05) is 25.5 Å². The van der Waals surface area contributed by atoms with Gasteiger partial charge in [-0.15, -0.1) is 0 Å². The molecule has 7 nitrogen and oxygen atoms in total. The SMILES string of the molecule is O=S(=O)(NCCn1ccnc1)c1cc(S(=O)(=O)c2ccccc2F)ccc1C(F)(F)F. The number of aromatic nitrogens is 2. The molecule has 0 saturated heterocycles. The monoisotopic (exact) mass is 477 g/mol. The summed E-state index contributed by atoms with van der Waals surface area (Å²) in [6.45, 7) is -0.200. The van der Waals surface area contributed by atoms with Gasteiger partial charge in [0.25, 0.3) is 0 Å². The van der Waals surface area contributed by atoms with Crippen molar-refractivity contribution in [2.45, 2.75) is 27.4 Å². The molecule has 0 atom stereocenters. The molecule has 13 heteroatoms. The molecule has 0 aliphatic carbocycles. The van der Waals surface area contributed by atoms with E-state index in [1.165, 1.54) is 35.4 Å². The molecule has 0 aliphatic rings. The third-order valence-electron chi connectivity index (χ3n) is 4.21. The van der Waals surface area contributed by atoms with E-state index in [0.29, 0.717) is 18.2 Å². The molecule has 0 radical (unpaired) electrons. The van der Waals surface area contributed by atoms with Gasteiger partial charge in [-0.25, -0.2) is 30.9 Å². The van der Waals surface area contributed by atoms with E-state index in [2.05, 4.69) is 4.98 Å². The Hall–Kier alpha value is -2.77. The van der Waals surface area contributed by atoms with Gasteiger partial charge < -0.3 is 4.57 Å². The zero-order valence-electron chi connectivity index (χ0n) is 15.5. The van der Waals surface area contributed by atoms with E-state index in [9.17, 15) is 34.4 Å². The predicted molar refractivity (Wildman–Crippen MR) is 101 cm³/mol. The minimum absolute atomic E-state index is 0.0772. The Kier molecular flexibility index (Phi) is 6.21. The molecule has 2 aromatic carbocycles. The molecule has 1 N–H and O–H groups in total. The van der Waals surface area contributed by atoms with Gasteiger partial charge in [-0.05, 0) is 30.3 Å². The lowest BCUT2D eigenvalue weighted by Gasteiger charge is -2.16. The summed E-state index contributed by atoms with van der Waals surface area (Å²) in [7, 11) is -9.38. The Morgan fingerprint density at radius 1 is 1.00 bits per heavy atom. The van der Waals surface area contributed by atoms with E-state index in [0.717, 1.165) is 12.1 Å². The quantitative estimate of drug-likeness (QED) is 0.528. The van der Waals surface area contributed by atoms with Crippen LogP contribution in [0.5, 0.6) is 0 Å². The van der Waals surface area contributed by atoms with Gasteiger partial charge >= 0.3 is 6.18 Å². The number of imidazole rings is 1. The lowest BCUT2D eigenvalue weighted by atomic mass is 10.2. The Labute approximate surface area is 175 Å². The highest BCUT2D eigenvalue weighted by Gasteiger charge is 2.38. The van der Waals surface area contributed by atoms with Crippen molar-refractivity contribution in [3.63, 3.8) is 0 Å². The van der Waals surface area contributed by atoms with Crippen LogP contribution in [0.2, 0.25) is 0 Å². The van der Waals surface area contributed by atoms with Crippen LogP contribution >= 0.6 is 0 Å². The highest BCUT2D eigenvalue weighted by Crippen LogP contribution is 2.36. The van der Waals surface area contributed by atoms with Crippen molar-refractivity contribution in [1.29, 1.82) is 0 Å². The lowest BCUT2D eigenvalue weighted by Crippen LogP contribution is -2.29. The second kappa shape index (κ2) is 8.40. The molecule has 31 heavy (non-hydrogen) atoms. The van der Waals surface area contributed by atoms with E-state index in [1.54, 1.807) is 0 Å². The number of hydrogen-bond acceptors (Lipinski definition) is 5. The molecule has 3 aromatic rings. The summed E-state index contributed by atoms with van der Waals surface area (Å²) >= 11 is 0. The number of halogens is 4. The van der Waals surface area contributed by atoms with Crippen LogP contribution in [-0.4, -0.2) is 32.9 Å². The fourth-order valence-electron chi connectivity index (χ4n) is 2.72. The molecule has 1 heterocycles. The van der Waals surface area contributed by atoms with Crippen LogP contribution in [0.3, 0.4) is 0 Å². The van der Waals surface area contributed by atoms with Gasteiger partial charge in [-0.3, -0.25) is 0 Å². The van der Waals surface area contributed by atoms with Gasteiger partial charge in [0.15, 0.2) is 0 Å². The number of alkyl halides is 3. The zero-order chi connectivity index (χ0) is 22.9. The van der Waals surface area contributed by atoms with Gasteiger partial charge in [-0.1, -0.05) is 12.1 Å². The molecule has 0 aliphatic heterocycles. The van der Waals surface area contributed by atoms with Gasteiger partial charge in [0.1, 0.15) is 10.7 Å². The van der Waals surface area contributed by atoms with Crippen molar-refractivity contribution in [3.05, 3.63) is 72.6 Å². The van der Waals surface area contributed by atoms with Gasteiger partial charge in [0.2, 0.25) is 19.9 Å². The molecular formula is C18H15F4N3O4S2. The summed E-state index contributed by atoms with van der Waals surface area (Å²) in [6, 6.07) is 5.58. The highest BCUT2D eigenvalue weighted by atomic mass is 32.2. The normalized spacial score (nSPS) is 12.8. The molecular weight excluding hydrogens is 462 g/mol. The van der Waals surface area contributed by atoms with Crippen LogP contribution < -0.4 is 4.72 Å². The summed E-state index contributed by atoms with van der Waals surface area (Å²) in [5.41, 5.74) is -1.55. The number of sulfone groups is 1. The molecule has 0 saturated carbocycles. The summed E-state index contributed by atoms with van der Waals surface area (Å²) in [6.07, 6.45) is -0.726. The van der Waals surface area contributed by atoms with Crippen molar-refractivity contribution in [1.82, 2.24) is 14.3 Å². The summed E-state index contributed by atoms with van der Waals surface area (Å²) in [5.74, 6) is -1.12. The van der Waals surface area contributed by atoms with Crippen molar-refractivity contribution >= 4 is 19.9 Å². The lowest BCUT2D eigenvalue weighted by molar-refractivity contribution is -0.139. The summed E-state index contributed by atoms with van der Waals surface area (Å²) in [4.78, 5) is 0.904. The minimum atomic E-state index is -5.07. The van der Waals surface area contributed by atoms with Crippen LogP contribution in [0.4, 0.5) is 17.6 Å². The maximum atomic E-state index is 14.0. The maximum Gasteiger partial charge on any atom is 0.417 e. The molecule has 3 rings (SSSR count). The van der Waals surface area contributed by atoms with E-state index >= 15 is 0 Å².